The minimum Gasteiger partial charge on any atom is -0.378 e. The lowest BCUT2D eigenvalue weighted by Gasteiger charge is -2.29. The Morgan fingerprint density at radius 3 is 2.54 bits per heavy atom. The van der Waals surface area contributed by atoms with Crippen LogP contribution in [0.25, 0.3) is 0 Å². The largest absolute Gasteiger partial charge is 0.378 e. The molecule has 0 saturated carbocycles. The Morgan fingerprint density at radius 2 is 1.88 bits per heavy atom. The van der Waals surface area contributed by atoms with Crippen molar-refractivity contribution in [3.05, 3.63) is 35.9 Å². The lowest BCUT2D eigenvalue weighted by molar-refractivity contribution is -0.141. The summed E-state index contributed by atoms with van der Waals surface area (Å²) >= 11 is 0. The highest BCUT2D eigenvalue weighted by molar-refractivity contribution is 6.09. The molecule has 2 heterocycles. The molecule has 2 aliphatic heterocycles. The van der Waals surface area contributed by atoms with Gasteiger partial charge in [-0.15, -0.1) is 0 Å². The number of rotatable bonds is 6. The summed E-state index contributed by atoms with van der Waals surface area (Å²) in [6.07, 6.45) is 2.22. The van der Waals surface area contributed by atoms with Crippen LogP contribution in [0.15, 0.2) is 30.3 Å². The van der Waals surface area contributed by atoms with E-state index < -0.39 is 11.6 Å². The number of nitrogens with one attached hydrogen (secondary N) is 1. The molecular weight excluding hydrogens is 334 g/mol. The zero-order valence-electron chi connectivity index (χ0n) is 15.1. The van der Waals surface area contributed by atoms with Gasteiger partial charge in [0.25, 0.3) is 5.91 Å². The van der Waals surface area contributed by atoms with Crippen LogP contribution in [0.2, 0.25) is 0 Å². The molecule has 7 nitrogen and oxygen atoms in total. The number of imide groups is 1. The second-order valence-corrected chi connectivity index (χ2v) is 6.69. The van der Waals surface area contributed by atoms with E-state index in [9.17, 15) is 14.4 Å². The van der Waals surface area contributed by atoms with Crippen molar-refractivity contribution in [2.24, 2.45) is 0 Å². The molecule has 0 radical (unpaired) electrons. The molecule has 1 aromatic carbocycles. The lowest BCUT2D eigenvalue weighted by Crippen LogP contribution is -2.48. The van der Waals surface area contributed by atoms with Gasteiger partial charge in [0.2, 0.25) is 5.91 Å². The molecule has 1 aromatic rings. The van der Waals surface area contributed by atoms with Gasteiger partial charge in [-0.05, 0) is 12.0 Å². The van der Waals surface area contributed by atoms with Gasteiger partial charge >= 0.3 is 6.03 Å². The van der Waals surface area contributed by atoms with Gasteiger partial charge in [-0.3, -0.25) is 14.5 Å². The molecule has 3 rings (SSSR count). The van der Waals surface area contributed by atoms with Crippen LogP contribution < -0.4 is 5.32 Å². The summed E-state index contributed by atoms with van der Waals surface area (Å²) in [4.78, 5) is 41.0. The first-order chi connectivity index (χ1) is 12.6. The van der Waals surface area contributed by atoms with Crippen LogP contribution in [-0.2, 0) is 19.9 Å². The topological polar surface area (TPSA) is 79.0 Å². The molecule has 0 bridgehead atoms. The van der Waals surface area contributed by atoms with E-state index in [-0.39, 0.29) is 18.4 Å². The number of urea groups is 1. The smallest absolute Gasteiger partial charge is 0.325 e. The number of benzene rings is 1. The Labute approximate surface area is 153 Å². The van der Waals surface area contributed by atoms with Crippen LogP contribution >= 0.6 is 0 Å². The third-order valence-electron chi connectivity index (χ3n) is 5.00. The molecule has 0 aromatic heterocycles. The van der Waals surface area contributed by atoms with E-state index >= 15 is 0 Å². The maximum absolute atomic E-state index is 13.2. The molecule has 0 aliphatic carbocycles. The number of amides is 4. The first-order valence-electron chi connectivity index (χ1n) is 9.13. The molecule has 2 aliphatic rings. The van der Waals surface area contributed by atoms with Crippen LogP contribution in [0.3, 0.4) is 0 Å². The normalized spacial score (nSPS) is 23.3. The van der Waals surface area contributed by atoms with Gasteiger partial charge in [0.1, 0.15) is 12.1 Å². The predicted molar refractivity (Wildman–Crippen MR) is 95.3 cm³/mol. The van der Waals surface area contributed by atoms with E-state index in [1.807, 2.05) is 37.3 Å². The van der Waals surface area contributed by atoms with Crippen LogP contribution in [0.5, 0.6) is 0 Å². The minimum absolute atomic E-state index is 0.226. The fourth-order valence-corrected chi connectivity index (χ4v) is 3.49. The highest BCUT2D eigenvalue weighted by atomic mass is 16.5. The Hall–Kier alpha value is -2.41. The van der Waals surface area contributed by atoms with Crippen molar-refractivity contribution in [3.8, 4) is 0 Å². The number of nitrogens with zero attached hydrogens (tertiary/aromatic N) is 2. The van der Waals surface area contributed by atoms with Gasteiger partial charge in [-0.1, -0.05) is 50.1 Å². The van der Waals surface area contributed by atoms with Crippen molar-refractivity contribution >= 4 is 17.8 Å². The molecule has 1 N–H and O–H groups in total. The Balaban J connectivity index is 1.81. The Morgan fingerprint density at radius 1 is 1.19 bits per heavy atom. The fourth-order valence-electron chi connectivity index (χ4n) is 3.49. The molecular formula is C19H25N3O4. The molecule has 1 atom stereocenters. The standard InChI is InChI=1S/C19H25N3O4/c1-2-3-9-19(15-7-5-4-6-8-15)17(24)22(18(25)20-19)14-16(23)21-10-12-26-13-11-21/h4-8H,2-3,9-14H2,1H3,(H,20,25)/t19-/m0/s1. The first kappa shape index (κ1) is 18.4. The van der Waals surface area contributed by atoms with Gasteiger partial charge in [0, 0.05) is 13.1 Å². The number of carbonyl (C=O) groups excluding carboxylic acids is 3. The third kappa shape index (κ3) is 3.44. The monoisotopic (exact) mass is 359 g/mol. The maximum atomic E-state index is 13.2. The summed E-state index contributed by atoms with van der Waals surface area (Å²) in [6.45, 7) is 3.75. The maximum Gasteiger partial charge on any atom is 0.325 e. The van der Waals surface area contributed by atoms with E-state index in [1.165, 1.54) is 0 Å². The average Bonchev–Trinajstić information content (AvgIpc) is 2.93. The number of hydrogen-bond donors (Lipinski definition) is 1. The number of morpholine rings is 1. The summed E-state index contributed by atoms with van der Waals surface area (Å²) in [6, 6.07) is 8.77. The Kier molecular flexibility index (Phi) is 5.56. The van der Waals surface area contributed by atoms with Crippen molar-refractivity contribution in [2.45, 2.75) is 31.7 Å². The molecule has 2 fully saturated rings. The number of unbranched alkanes of at least 4 members (excludes halogenated alkanes) is 1. The first-order valence-corrected chi connectivity index (χ1v) is 9.13. The van der Waals surface area contributed by atoms with Crippen LogP contribution in [0, 0.1) is 0 Å². The van der Waals surface area contributed by atoms with Crippen molar-refractivity contribution in [2.75, 3.05) is 32.8 Å². The zero-order valence-corrected chi connectivity index (χ0v) is 15.1. The van der Waals surface area contributed by atoms with Gasteiger partial charge in [0.15, 0.2) is 0 Å². The van der Waals surface area contributed by atoms with E-state index in [0.717, 1.165) is 23.3 Å². The van der Waals surface area contributed by atoms with E-state index in [2.05, 4.69) is 5.32 Å². The van der Waals surface area contributed by atoms with Crippen molar-refractivity contribution in [1.29, 1.82) is 0 Å². The summed E-state index contributed by atoms with van der Waals surface area (Å²) in [5.74, 6) is -0.570. The van der Waals surface area contributed by atoms with Crippen molar-refractivity contribution in [3.63, 3.8) is 0 Å². The highest BCUT2D eigenvalue weighted by Crippen LogP contribution is 2.34. The Bertz CT molecular complexity index is 673. The zero-order chi connectivity index (χ0) is 18.6. The molecule has 0 unspecified atom stereocenters. The fraction of sp³-hybridized carbons (Fsp3) is 0.526. The highest BCUT2D eigenvalue weighted by Gasteiger charge is 2.52. The summed E-state index contributed by atoms with van der Waals surface area (Å²) in [7, 11) is 0. The van der Waals surface area contributed by atoms with Gasteiger partial charge < -0.3 is 15.0 Å². The average molecular weight is 359 g/mol. The third-order valence-corrected chi connectivity index (χ3v) is 5.00. The molecule has 0 spiro atoms. The quantitative estimate of drug-likeness (QED) is 0.781. The van der Waals surface area contributed by atoms with E-state index in [4.69, 9.17) is 4.74 Å². The molecule has 2 saturated heterocycles. The lowest BCUT2D eigenvalue weighted by atomic mass is 9.85. The molecule has 26 heavy (non-hydrogen) atoms. The minimum atomic E-state index is -1.08. The second-order valence-electron chi connectivity index (χ2n) is 6.69. The van der Waals surface area contributed by atoms with Crippen LogP contribution in [0.1, 0.15) is 31.7 Å². The summed E-state index contributed by atoms with van der Waals surface area (Å²) < 4.78 is 5.24. The van der Waals surface area contributed by atoms with Gasteiger partial charge in [-0.25, -0.2) is 4.79 Å². The predicted octanol–water partition coefficient (Wildman–Crippen LogP) is 1.48. The molecule has 140 valence electrons. The van der Waals surface area contributed by atoms with Gasteiger partial charge in [-0.2, -0.15) is 0 Å². The molecule has 4 amide bonds. The van der Waals surface area contributed by atoms with Crippen molar-refractivity contribution < 1.29 is 19.1 Å². The second kappa shape index (κ2) is 7.86. The van der Waals surface area contributed by atoms with Crippen LogP contribution in [0.4, 0.5) is 4.79 Å². The SMILES string of the molecule is CCCC[C@@]1(c2ccccc2)NC(=O)N(CC(=O)N2CCOCC2)C1=O. The molecule has 7 heteroatoms. The van der Waals surface area contributed by atoms with E-state index in [1.54, 1.807) is 4.90 Å². The van der Waals surface area contributed by atoms with Crippen molar-refractivity contribution in [1.82, 2.24) is 15.1 Å². The number of hydrogen-bond acceptors (Lipinski definition) is 4. The van der Waals surface area contributed by atoms with E-state index in [0.29, 0.717) is 32.7 Å². The summed E-state index contributed by atoms with van der Waals surface area (Å²) in [5, 5.41) is 2.87. The van der Waals surface area contributed by atoms with Crippen LogP contribution in [-0.4, -0.2) is 60.5 Å². The number of carbonyl (C=O) groups is 3. The van der Waals surface area contributed by atoms with Gasteiger partial charge in [0.05, 0.1) is 13.2 Å². The summed E-state index contributed by atoms with van der Waals surface area (Å²) in [5.41, 5.74) is -0.326. The number of ether oxygens (including phenoxy) is 1.